The van der Waals surface area contributed by atoms with E-state index in [2.05, 4.69) is 49.7 Å². The lowest BCUT2D eigenvalue weighted by atomic mass is 9.91. The van der Waals surface area contributed by atoms with Crippen molar-refractivity contribution in [1.29, 1.82) is 0 Å². The van der Waals surface area contributed by atoms with E-state index in [9.17, 15) is 19.8 Å². The van der Waals surface area contributed by atoms with Crippen LogP contribution in [0.2, 0.25) is 0 Å². The van der Waals surface area contributed by atoms with Gasteiger partial charge >= 0.3 is 11.9 Å². The van der Waals surface area contributed by atoms with Crippen LogP contribution in [0.25, 0.3) is 11.1 Å². The fourth-order valence-corrected chi connectivity index (χ4v) is 11.8. The second-order valence-electron chi connectivity index (χ2n) is 20.6. The largest absolute Gasteiger partial charge is 0.480 e. The summed E-state index contributed by atoms with van der Waals surface area (Å²) in [6.07, 6.45) is 25.3. The number of carbonyl (C=O) groups is 2. The molecule has 4 atom stereocenters. The number of nitrogens with one attached hydrogen (secondary N) is 2. The smallest absolute Gasteiger partial charge is 0.325 e. The van der Waals surface area contributed by atoms with Crippen molar-refractivity contribution in [3.63, 3.8) is 0 Å². The fourth-order valence-electron chi connectivity index (χ4n) is 11.8. The van der Waals surface area contributed by atoms with E-state index >= 15 is 0 Å². The Balaban J connectivity index is 0.756. The number of aryl methyl sites for hydroxylation is 3. The third-order valence-electron chi connectivity index (χ3n) is 15.6. The number of anilines is 2. The summed E-state index contributed by atoms with van der Waals surface area (Å²) in [6, 6.07) is 11.5. The molecule has 4 aromatic heterocycles. The Kier molecular flexibility index (Phi) is 13.9. The van der Waals surface area contributed by atoms with E-state index in [1.807, 2.05) is 18.3 Å². The summed E-state index contributed by atoms with van der Waals surface area (Å²) in [5.41, 5.74) is 10.7. The minimum absolute atomic E-state index is 0.338. The minimum atomic E-state index is -0.772. The molecule has 4 N–H and O–H groups in total. The summed E-state index contributed by atoms with van der Waals surface area (Å²) < 4.78 is 0. The lowest BCUT2D eigenvalue weighted by molar-refractivity contribution is -0.144. The van der Waals surface area contributed by atoms with Gasteiger partial charge in [0, 0.05) is 95.4 Å². The van der Waals surface area contributed by atoms with Crippen LogP contribution in [0.4, 0.5) is 11.6 Å². The molecule has 4 aliphatic heterocycles. The van der Waals surface area contributed by atoms with E-state index in [0.29, 0.717) is 23.7 Å². The highest BCUT2D eigenvalue weighted by Crippen LogP contribution is 2.46. The fraction of sp³-hybridized carbons (Fsp3) is 0.593. The topological polar surface area (TPSA) is 157 Å². The highest BCUT2D eigenvalue weighted by atomic mass is 16.4. The number of likely N-dealkylation sites (tertiary alicyclic amines) is 2. The number of fused-ring (bicyclic) bond motifs is 2. The number of hydrogen-bond donors (Lipinski definition) is 4. The summed E-state index contributed by atoms with van der Waals surface area (Å²) in [7, 11) is 0. The third-order valence-corrected chi connectivity index (χ3v) is 15.6. The molecule has 12 heteroatoms. The Labute approximate surface area is 390 Å². The van der Waals surface area contributed by atoms with Gasteiger partial charge in [0.25, 0.3) is 0 Å². The standard InChI is InChI=1S/C54H70N8O4/c63-53(64)49(44-16-9-25-55-47(44)37-17-18-37)61-28-23-35(33-61)11-4-2-6-14-42-31-45(43-15-8-27-57-52(43)60-42)40-30-46(48(58-32-40)38-19-20-38)50(54(65)66)62-29-24-36(34-62)10-3-1-5-13-41-22-21-39-12-7-26-56-51(39)59-41/h9,16,21-22,25,30-32,35-38,49-50H,1-8,10-15,17-20,23-24,26-29,33-34H2,(H,56,59)(H,57,60)(H,63,64)(H,65,66)/t35-,36-,49+,50-/m1/s1. The zero-order valence-corrected chi connectivity index (χ0v) is 38.9. The summed E-state index contributed by atoms with van der Waals surface area (Å²) in [5.74, 6) is 2.27. The third kappa shape index (κ3) is 10.4. The first kappa shape index (κ1) is 44.9. The number of unbranched alkanes of at least 4 members (excludes halogenated alkanes) is 4. The molecule has 6 aliphatic rings. The molecule has 350 valence electrons. The molecule has 2 saturated heterocycles. The number of hydrogen-bond acceptors (Lipinski definition) is 10. The molecule has 0 radical (unpaired) electrons. The van der Waals surface area contributed by atoms with Crippen LogP contribution in [0.15, 0.2) is 48.8 Å². The Bertz CT molecular complexity index is 2360. The van der Waals surface area contributed by atoms with Gasteiger partial charge in [-0.2, -0.15) is 0 Å². The van der Waals surface area contributed by atoms with Gasteiger partial charge in [-0.3, -0.25) is 29.4 Å². The highest BCUT2D eigenvalue weighted by Gasteiger charge is 2.40. The number of carboxylic acid groups (broad SMARTS) is 2. The summed E-state index contributed by atoms with van der Waals surface area (Å²) in [6.45, 7) is 5.16. The molecular weight excluding hydrogens is 825 g/mol. The molecule has 2 aliphatic carbocycles. The highest BCUT2D eigenvalue weighted by molar-refractivity contribution is 5.79. The average Bonchev–Trinajstić information content (AvgIpc) is 4.27. The molecule has 8 heterocycles. The van der Waals surface area contributed by atoms with Gasteiger partial charge < -0.3 is 20.8 Å². The van der Waals surface area contributed by atoms with Gasteiger partial charge in [-0.25, -0.2) is 9.97 Å². The maximum absolute atomic E-state index is 13.3. The van der Waals surface area contributed by atoms with Crippen molar-refractivity contribution in [3.05, 3.63) is 93.8 Å². The lowest BCUT2D eigenvalue weighted by Gasteiger charge is -2.27. The molecule has 4 fully saturated rings. The van der Waals surface area contributed by atoms with Crippen molar-refractivity contribution >= 4 is 23.6 Å². The number of rotatable bonds is 21. The molecule has 10 rings (SSSR count). The maximum atomic E-state index is 13.3. The number of carboxylic acids is 2. The zero-order valence-electron chi connectivity index (χ0n) is 38.9. The first-order valence-corrected chi connectivity index (χ1v) is 25.7. The Morgan fingerprint density at radius 1 is 0.667 bits per heavy atom. The monoisotopic (exact) mass is 895 g/mol. The van der Waals surface area contributed by atoms with Crippen LogP contribution in [0, 0.1) is 11.8 Å². The number of aromatic nitrogens is 4. The number of pyridine rings is 4. The molecule has 0 spiro atoms. The van der Waals surface area contributed by atoms with E-state index in [0.717, 1.165) is 206 Å². The van der Waals surface area contributed by atoms with Crippen LogP contribution in [0.3, 0.4) is 0 Å². The van der Waals surface area contributed by atoms with Gasteiger partial charge in [0.1, 0.15) is 23.7 Å². The molecule has 0 amide bonds. The quantitative estimate of drug-likeness (QED) is 0.0588. The van der Waals surface area contributed by atoms with E-state index in [1.54, 1.807) is 6.20 Å². The zero-order chi connectivity index (χ0) is 45.0. The molecule has 0 bridgehead atoms. The van der Waals surface area contributed by atoms with Crippen LogP contribution < -0.4 is 10.6 Å². The molecule has 2 saturated carbocycles. The lowest BCUT2D eigenvalue weighted by Crippen LogP contribution is -2.33. The van der Waals surface area contributed by atoms with Crippen molar-refractivity contribution < 1.29 is 19.8 Å². The van der Waals surface area contributed by atoms with E-state index < -0.39 is 24.0 Å². The Morgan fingerprint density at radius 2 is 1.29 bits per heavy atom. The predicted molar refractivity (Wildman–Crippen MR) is 258 cm³/mol. The summed E-state index contributed by atoms with van der Waals surface area (Å²) in [4.78, 5) is 50.1. The van der Waals surface area contributed by atoms with E-state index in [1.165, 1.54) is 29.7 Å². The molecule has 0 unspecified atom stereocenters. The molecular formula is C54H70N8O4. The molecule has 4 aromatic rings. The second kappa shape index (κ2) is 20.5. The first-order valence-electron chi connectivity index (χ1n) is 25.7. The SMILES string of the molecule is O=C(O)[C@H](c1cccnc1C1CC1)N1CC[C@@H](CCCCCc2cc(-c3cnc(C4CC4)c([C@H](C(=O)O)N4CC[C@@H](CCCCCc5ccc6c(n5)NCCC6)C4)c3)c3c(n2)NCCC3)C1. The molecule has 66 heavy (non-hydrogen) atoms. The van der Waals surface area contributed by atoms with Gasteiger partial charge in [0.15, 0.2) is 0 Å². The molecule has 12 nitrogen and oxygen atoms in total. The van der Waals surface area contributed by atoms with Crippen molar-refractivity contribution in [2.75, 3.05) is 49.9 Å². The second-order valence-corrected chi connectivity index (χ2v) is 20.6. The van der Waals surface area contributed by atoms with E-state index in [-0.39, 0.29) is 0 Å². The van der Waals surface area contributed by atoms with Crippen molar-refractivity contribution in [2.45, 2.75) is 152 Å². The van der Waals surface area contributed by atoms with Crippen LogP contribution in [-0.2, 0) is 35.3 Å². The Hall–Kier alpha value is -4.94. The summed E-state index contributed by atoms with van der Waals surface area (Å²) >= 11 is 0. The van der Waals surface area contributed by atoms with Crippen molar-refractivity contribution in [1.82, 2.24) is 29.7 Å². The summed E-state index contributed by atoms with van der Waals surface area (Å²) in [5, 5.41) is 28.3. The van der Waals surface area contributed by atoms with Crippen LogP contribution >= 0.6 is 0 Å². The predicted octanol–water partition coefficient (Wildman–Crippen LogP) is 9.91. The first-order chi connectivity index (χ1) is 32.4. The normalized spacial score (nSPS) is 21.7. The van der Waals surface area contributed by atoms with Crippen molar-refractivity contribution in [3.8, 4) is 11.1 Å². The van der Waals surface area contributed by atoms with Gasteiger partial charge in [-0.1, -0.05) is 37.8 Å². The van der Waals surface area contributed by atoms with Gasteiger partial charge in [0.05, 0.1) is 0 Å². The van der Waals surface area contributed by atoms with Gasteiger partial charge in [-0.15, -0.1) is 0 Å². The number of nitrogens with zero attached hydrogens (tertiary/aromatic N) is 6. The molecule has 0 aromatic carbocycles. The van der Waals surface area contributed by atoms with Gasteiger partial charge in [0.2, 0.25) is 0 Å². The van der Waals surface area contributed by atoms with Crippen LogP contribution in [0.1, 0.15) is 172 Å². The van der Waals surface area contributed by atoms with Gasteiger partial charge in [-0.05, 0) is 163 Å². The van der Waals surface area contributed by atoms with Crippen LogP contribution in [-0.4, -0.2) is 91.2 Å². The Morgan fingerprint density at radius 3 is 1.97 bits per heavy atom. The maximum Gasteiger partial charge on any atom is 0.325 e. The minimum Gasteiger partial charge on any atom is -0.480 e. The number of aliphatic carboxylic acids is 2. The van der Waals surface area contributed by atoms with Crippen molar-refractivity contribution in [2.24, 2.45) is 11.8 Å². The van der Waals surface area contributed by atoms with E-state index in [4.69, 9.17) is 15.0 Å². The van der Waals surface area contributed by atoms with Crippen LogP contribution in [0.5, 0.6) is 0 Å². The average molecular weight is 895 g/mol.